The number of ether oxygens (including phenoxy) is 3. The lowest BCUT2D eigenvalue weighted by Gasteiger charge is -2.49. The van der Waals surface area contributed by atoms with Gasteiger partial charge in [0.15, 0.2) is 18.1 Å². The number of alkyl halides is 2. The number of ketones is 1. The monoisotopic (exact) mass is 537 g/mol. The minimum Gasteiger partial charge on any atom is -0.493 e. The molecule has 2 aromatic rings. The second-order valence-corrected chi connectivity index (χ2v) is 12.0. The molecule has 2 fully saturated rings. The van der Waals surface area contributed by atoms with Gasteiger partial charge in [-0.05, 0) is 55.1 Å². The Bertz CT molecular complexity index is 1150. The van der Waals surface area contributed by atoms with Crippen LogP contribution in [0.25, 0.3) is 0 Å². The van der Waals surface area contributed by atoms with Crippen LogP contribution in [0.1, 0.15) is 77.6 Å². The molecular weight excluding hydrogens is 500 g/mol. The van der Waals surface area contributed by atoms with Crippen LogP contribution in [-0.4, -0.2) is 58.4 Å². The zero-order chi connectivity index (χ0) is 27.9. The fraction of sp³-hybridized carbons (Fsp3) is 0.667. The molecule has 0 unspecified atom stereocenters. The number of hydrogen-bond donors (Lipinski definition) is 1. The highest BCUT2D eigenvalue weighted by Crippen LogP contribution is 2.52. The van der Waals surface area contributed by atoms with E-state index in [1.54, 1.807) is 18.2 Å². The summed E-state index contributed by atoms with van der Waals surface area (Å²) in [7, 11) is 3.03. The van der Waals surface area contributed by atoms with E-state index in [9.17, 15) is 9.90 Å². The van der Waals surface area contributed by atoms with Crippen LogP contribution in [0, 0.1) is 10.8 Å². The first-order valence-electron chi connectivity index (χ1n) is 12.8. The molecule has 2 heterocycles. The minimum absolute atomic E-state index is 0.0165. The molecule has 1 saturated carbocycles. The molecular formula is C27H37F2N3O6. The molecule has 1 aromatic carbocycles. The number of aromatic nitrogens is 2. The van der Waals surface area contributed by atoms with Crippen LogP contribution in [0.2, 0.25) is 0 Å². The van der Waals surface area contributed by atoms with Crippen molar-refractivity contribution in [1.29, 1.82) is 0 Å². The van der Waals surface area contributed by atoms with Crippen molar-refractivity contribution in [3.63, 3.8) is 0 Å². The van der Waals surface area contributed by atoms with E-state index in [1.807, 2.05) is 27.7 Å². The van der Waals surface area contributed by atoms with E-state index in [1.165, 1.54) is 14.2 Å². The standard InChI is InChI=1S/C27H37F2N3O6/c1-24(2)14-25(3,4)16-26(34,15-24)23(33)27(28,29)32-11-7-8-18(32)22-31-30-21(38-22)13-37-17-9-10-19(35-5)20(12-17)36-6/h9-10,12,18,34H,7-8,11,13-16H2,1-6H3/t18-/m0/s1. The second-order valence-electron chi connectivity index (χ2n) is 12.0. The average molecular weight is 538 g/mol. The number of carbonyl (C=O) groups excluding carboxylic acids is 1. The number of carbonyl (C=O) groups is 1. The van der Waals surface area contributed by atoms with Crippen LogP contribution in [-0.2, 0) is 11.4 Å². The van der Waals surface area contributed by atoms with E-state index in [-0.39, 0.29) is 37.8 Å². The number of nitrogens with zero attached hydrogens (tertiary/aromatic N) is 3. The predicted molar refractivity (Wildman–Crippen MR) is 133 cm³/mol. The summed E-state index contributed by atoms with van der Waals surface area (Å²) in [6, 6.07) is 0.154. The van der Waals surface area contributed by atoms with Gasteiger partial charge in [-0.1, -0.05) is 27.7 Å². The van der Waals surface area contributed by atoms with Crippen LogP contribution >= 0.6 is 0 Å². The van der Waals surface area contributed by atoms with Crippen molar-refractivity contribution in [1.82, 2.24) is 15.1 Å². The first-order chi connectivity index (χ1) is 17.7. The highest BCUT2D eigenvalue weighted by atomic mass is 19.3. The largest absolute Gasteiger partial charge is 0.493 e. The third kappa shape index (κ3) is 5.63. The fourth-order valence-electron chi connectivity index (χ4n) is 6.51. The Morgan fingerprint density at radius 1 is 1.11 bits per heavy atom. The van der Waals surface area contributed by atoms with Gasteiger partial charge in [0, 0.05) is 12.6 Å². The van der Waals surface area contributed by atoms with Crippen LogP contribution in [0.5, 0.6) is 17.2 Å². The summed E-state index contributed by atoms with van der Waals surface area (Å²) in [6.45, 7) is 7.46. The third-order valence-electron chi connectivity index (χ3n) is 7.29. The first kappa shape index (κ1) is 28.2. The van der Waals surface area contributed by atoms with Crippen molar-refractivity contribution in [3.05, 3.63) is 30.0 Å². The quantitative estimate of drug-likeness (QED) is 0.446. The van der Waals surface area contributed by atoms with Crippen molar-refractivity contribution in [3.8, 4) is 17.2 Å². The minimum atomic E-state index is -3.90. The molecule has 1 atom stereocenters. The maximum Gasteiger partial charge on any atom is 0.367 e. The van der Waals surface area contributed by atoms with Gasteiger partial charge in [-0.3, -0.25) is 4.79 Å². The molecule has 9 nitrogen and oxygen atoms in total. The number of halogens is 2. The predicted octanol–water partition coefficient (Wildman–Crippen LogP) is 4.93. The number of hydrogen-bond acceptors (Lipinski definition) is 9. The van der Waals surface area contributed by atoms with Crippen molar-refractivity contribution in [2.75, 3.05) is 20.8 Å². The molecule has 11 heteroatoms. The Morgan fingerprint density at radius 3 is 2.39 bits per heavy atom. The summed E-state index contributed by atoms with van der Waals surface area (Å²) in [5, 5.41) is 19.2. The first-order valence-corrected chi connectivity index (χ1v) is 12.8. The molecule has 38 heavy (non-hydrogen) atoms. The van der Waals surface area contributed by atoms with Gasteiger partial charge in [0.1, 0.15) is 11.4 Å². The van der Waals surface area contributed by atoms with E-state index in [4.69, 9.17) is 18.6 Å². The summed E-state index contributed by atoms with van der Waals surface area (Å²) in [5.74, 6) is 0.114. The number of Topliss-reactive ketones (excluding diaryl/α,β-unsaturated/α-hetero) is 1. The Kier molecular flexibility index (Phi) is 7.48. The molecule has 1 aliphatic heterocycles. The van der Waals surface area contributed by atoms with E-state index >= 15 is 8.78 Å². The third-order valence-corrected chi connectivity index (χ3v) is 7.29. The van der Waals surface area contributed by atoms with Gasteiger partial charge in [-0.25, -0.2) is 4.90 Å². The van der Waals surface area contributed by atoms with Crippen molar-refractivity contribution < 1.29 is 37.3 Å². The van der Waals surface area contributed by atoms with Gasteiger partial charge in [0.05, 0.1) is 20.3 Å². The highest BCUT2D eigenvalue weighted by molar-refractivity contribution is 5.93. The normalized spacial score (nSPS) is 22.7. The Balaban J connectivity index is 1.48. The van der Waals surface area contributed by atoms with E-state index in [0.29, 0.717) is 30.1 Å². The van der Waals surface area contributed by atoms with Gasteiger partial charge in [0.25, 0.3) is 5.89 Å². The average Bonchev–Trinajstić information content (AvgIpc) is 3.49. The molecule has 4 rings (SSSR count). The summed E-state index contributed by atoms with van der Waals surface area (Å²) < 4.78 is 53.4. The summed E-state index contributed by atoms with van der Waals surface area (Å²) >= 11 is 0. The van der Waals surface area contributed by atoms with Crippen LogP contribution in [0.4, 0.5) is 8.78 Å². The van der Waals surface area contributed by atoms with Crippen LogP contribution in [0.3, 0.4) is 0 Å². The molecule has 0 spiro atoms. The summed E-state index contributed by atoms with van der Waals surface area (Å²) in [6.07, 6.45) is 1.42. The van der Waals surface area contributed by atoms with Gasteiger partial charge < -0.3 is 23.7 Å². The highest BCUT2D eigenvalue weighted by Gasteiger charge is 2.61. The van der Waals surface area contributed by atoms with Gasteiger partial charge >= 0.3 is 6.05 Å². The number of benzene rings is 1. The number of aliphatic hydroxyl groups is 1. The lowest BCUT2D eigenvalue weighted by molar-refractivity contribution is -0.207. The number of likely N-dealkylation sites (tertiary alicyclic amines) is 1. The second kappa shape index (κ2) is 10.1. The van der Waals surface area contributed by atoms with Crippen molar-refractivity contribution >= 4 is 5.78 Å². The zero-order valence-electron chi connectivity index (χ0n) is 22.8. The van der Waals surface area contributed by atoms with Gasteiger partial charge in [-0.15, -0.1) is 10.2 Å². The van der Waals surface area contributed by atoms with Crippen molar-refractivity contribution in [2.24, 2.45) is 10.8 Å². The maximum atomic E-state index is 15.8. The SMILES string of the molecule is COc1ccc(OCc2nnc([C@@H]3CCCN3C(F)(F)C(=O)C3(O)CC(C)(C)CC(C)(C)C3)o2)cc1OC. The molecule has 0 radical (unpaired) electrons. The van der Waals surface area contributed by atoms with Gasteiger partial charge in [-0.2, -0.15) is 8.78 Å². The lowest BCUT2D eigenvalue weighted by Crippen LogP contribution is -2.60. The Hall–Kier alpha value is -2.79. The molecule has 1 saturated heterocycles. The topological polar surface area (TPSA) is 107 Å². The molecule has 1 aromatic heterocycles. The van der Waals surface area contributed by atoms with E-state index in [2.05, 4.69) is 10.2 Å². The lowest BCUT2D eigenvalue weighted by atomic mass is 9.58. The molecule has 1 aliphatic carbocycles. The maximum absolute atomic E-state index is 15.8. The van der Waals surface area contributed by atoms with Crippen LogP contribution < -0.4 is 14.2 Å². The van der Waals surface area contributed by atoms with Crippen molar-refractivity contribution in [2.45, 2.75) is 84.1 Å². The van der Waals surface area contributed by atoms with E-state index < -0.39 is 34.3 Å². The molecule has 210 valence electrons. The fourth-order valence-corrected chi connectivity index (χ4v) is 6.51. The van der Waals surface area contributed by atoms with Gasteiger partial charge in [0.2, 0.25) is 11.7 Å². The Labute approximate surface area is 221 Å². The molecule has 0 bridgehead atoms. The zero-order valence-corrected chi connectivity index (χ0v) is 22.8. The van der Waals surface area contributed by atoms with Crippen LogP contribution in [0.15, 0.2) is 22.6 Å². The van der Waals surface area contributed by atoms with E-state index in [0.717, 1.165) is 11.3 Å². The summed E-state index contributed by atoms with van der Waals surface area (Å²) in [4.78, 5) is 14.1. The number of methoxy groups -OCH3 is 2. The molecule has 0 amide bonds. The smallest absolute Gasteiger partial charge is 0.367 e. The molecule has 2 aliphatic rings. The Morgan fingerprint density at radius 2 is 1.76 bits per heavy atom. The summed E-state index contributed by atoms with van der Waals surface area (Å²) in [5.41, 5.74) is -3.04. The number of rotatable bonds is 9. The molecule has 1 N–H and O–H groups in total.